The summed E-state index contributed by atoms with van der Waals surface area (Å²) in [6.45, 7) is 1.11. The van der Waals surface area contributed by atoms with E-state index < -0.39 is 41.4 Å². The Kier molecular flexibility index (Phi) is 4.44. The summed E-state index contributed by atoms with van der Waals surface area (Å²) < 4.78 is 43.9. The maximum absolute atomic E-state index is 13.4. The van der Waals surface area contributed by atoms with Crippen molar-refractivity contribution in [3.63, 3.8) is 0 Å². The lowest BCUT2D eigenvalue weighted by molar-refractivity contribution is -0.115. The number of nitrogens with one attached hydrogen (secondary N) is 2. The van der Waals surface area contributed by atoms with Gasteiger partial charge in [0.05, 0.1) is 12.1 Å². The molecule has 0 saturated heterocycles. The van der Waals surface area contributed by atoms with Crippen LogP contribution in [-0.4, -0.2) is 23.5 Å². The molecular weight excluding hydrogens is 303 g/mol. The Morgan fingerprint density at radius 3 is 2.59 bits per heavy atom. The fourth-order valence-electron chi connectivity index (χ4n) is 1.57. The highest BCUT2D eigenvalue weighted by atomic mass is 19.2. The van der Waals surface area contributed by atoms with Gasteiger partial charge in [-0.2, -0.15) is 0 Å². The molecule has 2 N–H and O–H groups in total. The predicted octanol–water partition coefficient (Wildman–Crippen LogP) is 1.77. The zero-order chi connectivity index (χ0) is 16.3. The van der Waals surface area contributed by atoms with Crippen molar-refractivity contribution < 1.29 is 27.3 Å². The summed E-state index contributed by atoms with van der Waals surface area (Å²) in [6, 6.07) is 2.85. The molecule has 0 bridgehead atoms. The first-order valence-electron chi connectivity index (χ1n) is 6.03. The summed E-state index contributed by atoms with van der Waals surface area (Å²) in [7, 11) is 0. The molecule has 2 rings (SSSR count). The molecule has 0 unspecified atom stereocenters. The molecule has 0 aliphatic heterocycles. The Labute approximate surface area is 122 Å². The molecule has 0 spiro atoms. The molecule has 2 aromatic rings. The number of nitrogens with zero attached hydrogens (tertiary/aromatic N) is 1. The minimum Gasteiger partial charge on any atom is -0.360 e. The van der Waals surface area contributed by atoms with Crippen LogP contribution >= 0.6 is 0 Å². The number of halogens is 3. The van der Waals surface area contributed by atoms with Gasteiger partial charge < -0.3 is 15.2 Å². The van der Waals surface area contributed by atoms with Crippen molar-refractivity contribution in [2.45, 2.75) is 6.92 Å². The molecule has 2 amide bonds. The summed E-state index contributed by atoms with van der Waals surface area (Å²) in [5, 5.41) is 7.90. The highest BCUT2D eigenvalue weighted by Crippen LogP contribution is 2.15. The lowest BCUT2D eigenvalue weighted by Crippen LogP contribution is -2.33. The molecule has 0 atom stereocenters. The van der Waals surface area contributed by atoms with Crippen molar-refractivity contribution in [1.82, 2.24) is 10.5 Å². The number of rotatable bonds is 4. The van der Waals surface area contributed by atoms with Gasteiger partial charge in [-0.15, -0.1) is 0 Å². The fourth-order valence-corrected chi connectivity index (χ4v) is 1.57. The molecule has 0 radical (unpaired) electrons. The molecule has 22 heavy (non-hydrogen) atoms. The van der Waals surface area contributed by atoms with Crippen LogP contribution in [0.5, 0.6) is 0 Å². The Morgan fingerprint density at radius 2 is 1.95 bits per heavy atom. The van der Waals surface area contributed by atoms with E-state index in [9.17, 15) is 22.8 Å². The number of amides is 2. The zero-order valence-corrected chi connectivity index (χ0v) is 11.2. The van der Waals surface area contributed by atoms with Gasteiger partial charge in [-0.25, -0.2) is 13.2 Å². The second kappa shape index (κ2) is 6.29. The Hall–Kier alpha value is -2.84. The second-order valence-corrected chi connectivity index (χ2v) is 4.28. The average Bonchev–Trinajstić information content (AvgIpc) is 2.87. The second-order valence-electron chi connectivity index (χ2n) is 4.28. The number of hydrogen-bond acceptors (Lipinski definition) is 4. The van der Waals surface area contributed by atoms with Crippen LogP contribution in [0.25, 0.3) is 0 Å². The first-order chi connectivity index (χ1) is 10.4. The molecule has 1 aromatic carbocycles. The summed E-state index contributed by atoms with van der Waals surface area (Å²) in [4.78, 5) is 23.2. The largest absolute Gasteiger partial charge is 0.360 e. The van der Waals surface area contributed by atoms with Crippen molar-refractivity contribution in [3.05, 3.63) is 47.0 Å². The van der Waals surface area contributed by atoms with Gasteiger partial charge in [0.1, 0.15) is 5.76 Å². The number of carbonyl (C=O) groups is 2. The molecule has 116 valence electrons. The Bertz CT molecular complexity index is 731. The first kappa shape index (κ1) is 15.5. The van der Waals surface area contributed by atoms with Crippen LogP contribution in [0.3, 0.4) is 0 Å². The van der Waals surface area contributed by atoms with E-state index in [1.807, 2.05) is 0 Å². The number of aryl methyl sites for hydroxylation is 1. The van der Waals surface area contributed by atoms with Gasteiger partial charge in [-0.3, -0.25) is 9.59 Å². The zero-order valence-electron chi connectivity index (χ0n) is 11.2. The molecule has 1 aromatic heterocycles. The number of benzene rings is 1. The maximum Gasteiger partial charge on any atom is 0.254 e. The molecule has 0 saturated carbocycles. The first-order valence-corrected chi connectivity index (χ1v) is 6.03. The molecule has 1 heterocycles. The summed E-state index contributed by atoms with van der Waals surface area (Å²) >= 11 is 0. The van der Waals surface area contributed by atoms with Gasteiger partial charge in [-0.1, -0.05) is 5.16 Å². The van der Waals surface area contributed by atoms with Crippen molar-refractivity contribution >= 4 is 17.6 Å². The molecule has 9 heteroatoms. The summed E-state index contributed by atoms with van der Waals surface area (Å²) in [6.07, 6.45) is 0. The van der Waals surface area contributed by atoms with Crippen molar-refractivity contribution in [3.8, 4) is 0 Å². The monoisotopic (exact) mass is 313 g/mol. The van der Waals surface area contributed by atoms with Crippen LogP contribution in [0, 0.1) is 24.4 Å². The normalized spacial score (nSPS) is 10.4. The number of hydrogen-bond donors (Lipinski definition) is 2. The van der Waals surface area contributed by atoms with E-state index in [0.29, 0.717) is 11.8 Å². The van der Waals surface area contributed by atoms with Gasteiger partial charge in [0.25, 0.3) is 5.91 Å². The van der Waals surface area contributed by atoms with Gasteiger partial charge in [0, 0.05) is 6.07 Å². The SMILES string of the molecule is Cc1cc(NC(=O)CNC(=O)c2ccc(F)c(F)c2F)no1. The van der Waals surface area contributed by atoms with Gasteiger partial charge >= 0.3 is 0 Å². The standard InChI is InChI=1S/C13H10F3N3O3/c1-6-4-9(19-22-6)18-10(20)5-17-13(21)7-2-3-8(14)12(16)11(7)15/h2-4H,5H2,1H3,(H,17,21)(H,18,19,20). The molecule has 0 fully saturated rings. The number of carbonyl (C=O) groups excluding carboxylic acids is 2. The van der Waals surface area contributed by atoms with Gasteiger partial charge in [-0.05, 0) is 19.1 Å². The van der Waals surface area contributed by atoms with Crippen LogP contribution in [0.4, 0.5) is 19.0 Å². The van der Waals surface area contributed by atoms with Crippen molar-refractivity contribution in [1.29, 1.82) is 0 Å². The maximum atomic E-state index is 13.4. The predicted molar refractivity (Wildman–Crippen MR) is 68.5 cm³/mol. The summed E-state index contributed by atoms with van der Waals surface area (Å²) in [5.41, 5.74) is -0.705. The highest BCUT2D eigenvalue weighted by molar-refractivity contribution is 5.99. The minimum atomic E-state index is -1.75. The third kappa shape index (κ3) is 3.43. The quantitative estimate of drug-likeness (QED) is 0.843. The molecule has 0 aliphatic carbocycles. The van der Waals surface area contributed by atoms with Crippen LogP contribution in [0.2, 0.25) is 0 Å². The molecule has 6 nitrogen and oxygen atoms in total. The van der Waals surface area contributed by atoms with Crippen LogP contribution < -0.4 is 10.6 Å². The molecular formula is C13H10F3N3O3. The van der Waals surface area contributed by atoms with E-state index in [2.05, 4.69) is 15.8 Å². The van der Waals surface area contributed by atoms with Crippen molar-refractivity contribution in [2.75, 3.05) is 11.9 Å². The van der Waals surface area contributed by atoms with E-state index in [1.54, 1.807) is 6.92 Å². The van der Waals surface area contributed by atoms with Gasteiger partial charge in [0.2, 0.25) is 5.91 Å². The number of aromatic nitrogens is 1. The number of anilines is 1. The smallest absolute Gasteiger partial charge is 0.254 e. The third-order valence-corrected chi connectivity index (χ3v) is 2.58. The van der Waals surface area contributed by atoms with Crippen LogP contribution in [0.15, 0.2) is 22.7 Å². The van der Waals surface area contributed by atoms with Crippen LogP contribution in [-0.2, 0) is 4.79 Å². The topological polar surface area (TPSA) is 84.2 Å². The average molecular weight is 313 g/mol. The lowest BCUT2D eigenvalue weighted by Gasteiger charge is -2.06. The minimum absolute atomic E-state index is 0.149. The van der Waals surface area contributed by atoms with E-state index in [-0.39, 0.29) is 5.82 Å². The van der Waals surface area contributed by atoms with Gasteiger partial charge in [0.15, 0.2) is 23.3 Å². The Morgan fingerprint density at radius 1 is 1.23 bits per heavy atom. The Balaban J connectivity index is 1.95. The van der Waals surface area contributed by atoms with Crippen LogP contribution in [0.1, 0.15) is 16.1 Å². The highest BCUT2D eigenvalue weighted by Gasteiger charge is 2.19. The van der Waals surface area contributed by atoms with E-state index in [4.69, 9.17) is 4.52 Å². The van der Waals surface area contributed by atoms with E-state index >= 15 is 0 Å². The summed E-state index contributed by atoms with van der Waals surface area (Å²) in [5.74, 6) is -5.86. The van der Waals surface area contributed by atoms with Crippen molar-refractivity contribution in [2.24, 2.45) is 0 Å². The fraction of sp³-hybridized carbons (Fsp3) is 0.154. The van der Waals surface area contributed by atoms with E-state index in [0.717, 1.165) is 6.07 Å². The molecule has 0 aliphatic rings. The lowest BCUT2D eigenvalue weighted by atomic mass is 10.2. The third-order valence-electron chi connectivity index (χ3n) is 2.58. The van der Waals surface area contributed by atoms with E-state index in [1.165, 1.54) is 6.07 Å².